The first-order valence-corrected chi connectivity index (χ1v) is 11.2. The first-order chi connectivity index (χ1) is 15.6. The van der Waals surface area contributed by atoms with Crippen LogP contribution in [0.5, 0.6) is 0 Å². The highest BCUT2D eigenvalue weighted by Gasteiger charge is 2.35. The van der Waals surface area contributed by atoms with Crippen LogP contribution >= 0.6 is 0 Å². The van der Waals surface area contributed by atoms with Crippen LogP contribution in [0.1, 0.15) is 45.1 Å². The molecule has 2 saturated heterocycles. The van der Waals surface area contributed by atoms with Crippen molar-refractivity contribution in [2.24, 2.45) is 7.05 Å². The zero-order valence-corrected chi connectivity index (χ0v) is 19.8. The molecule has 1 aromatic heterocycles. The van der Waals surface area contributed by atoms with Gasteiger partial charge in [0.1, 0.15) is 5.60 Å². The lowest BCUT2D eigenvalue weighted by Gasteiger charge is -2.38. The van der Waals surface area contributed by atoms with E-state index in [4.69, 9.17) is 9.47 Å². The molecule has 0 aliphatic carbocycles. The number of piperidine rings is 1. The number of fused-ring (bicyclic) bond motifs is 1. The molecule has 33 heavy (non-hydrogen) atoms. The first-order valence-electron chi connectivity index (χ1n) is 11.2. The lowest BCUT2D eigenvalue weighted by atomic mass is 9.86. The number of urea groups is 1. The lowest BCUT2D eigenvalue weighted by Crippen LogP contribution is -2.49. The monoisotopic (exact) mass is 457 g/mol. The van der Waals surface area contributed by atoms with E-state index < -0.39 is 11.6 Å². The summed E-state index contributed by atoms with van der Waals surface area (Å²) in [6.07, 6.45) is 0.487. The molecule has 1 N–H and O–H groups in total. The van der Waals surface area contributed by atoms with Crippen LogP contribution in [-0.4, -0.2) is 71.2 Å². The van der Waals surface area contributed by atoms with Crippen LogP contribution in [0.4, 0.5) is 15.4 Å². The van der Waals surface area contributed by atoms with Gasteiger partial charge in [-0.25, -0.2) is 9.59 Å². The van der Waals surface area contributed by atoms with E-state index in [-0.39, 0.29) is 30.4 Å². The second kappa shape index (κ2) is 8.66. The Morgan fingerprint density at radius 2 is 1.97 bits per heavy atom. The number of aromatic nitrogens is 2. The molecular weight excluding hydrogens is 426 g/mol. The molecule has 3 heterocycles. The van der Waals surface area contributed by atoms with Gasteiger partial charge in [-0.15, -0.1) is 0 Å². The van der Waals surface area contributed by atoms with E-state index in [9.17, 15) is 14.4 Å². The molecule has 2 fully saturated rings. The Labute approximate surface area is 192 Å². The third-order valence-corrected chi connectivity index (χ3v) is 6.11. The molecule has 4 rings (SSSR count). The summed E-state index contributed by atoms with van der Waals surface area (Å²) in [5.74, 6) is 0.363. The Morgan fingerprint density at radius 3 is 2.64 bits per heavy atom. The summed E-state index contributed by atoms with van der Waals surface area (Å²) < 4.78 is 13.0. The van der Waals surface area contributed by atoms with Gasteiger partial charge in [0.2, 0.25) is 5.91 Å². The Balaban J connectivity index is 1.56. The summed E-state index contributed by atoms with van der Waals surface area (Å²) in [4.78, 5) is 39.5. The van der Waals surface area contributed by atoms with Crippen molar-refractivity contribution in [1.29, 1.82) is 0 Å². The average Bonchev–Trinajstić information content (AvgIpc) is 3.07. The molecule has 0 saturated carbocycles. The maximum absolute atomic E-state index is 12.5. The van der Waals surface area contributed by atoms with Crippen molar-refractivity contribution in [1.82, 2.24) is 20.0 Å². The van der Waals surface area contributed by atoms with Gasteiger partial charge in [0, 0.05) is 45.0 Å². The summed E-state index contributed by atoms with van der Waals surface area (Å²) in [5, 5.41) is 7.74. The van der Waals surface area contributed by atoms with Crippen LogP contribution in [-0.2, 0) is 21.3 Å². The Kier molecular flexibility index (Phi) is 6.04. The van der Waals surface area contributed by atoms with Crippen LogP contribution < -0.4 is 10.2 Å². The number of amides is 4. The van der Waals surface area contributed by atoms with Crippen molar-refractivity contribution in [2.75, 3.05) is 31.6 Å². The van der Waals surface area contributed by atoms with Gasteiger partial charge in [-0.2, -0.15) is 5.10 Å². The van der Waals surface area contributed by atoms with Crippen LogP contribution in [0.15, 0.2) is 18.2 Å². The number of carbonyl (C=O) groups excluding carboxylic acids is 3. The zero-order valence-electron chi connectivity index (χ0n) is 19.8. The number of ether oxygens (including phenoxy) is 2. The highest BCUT2D eigenvalue weighted by molar-refractivity contribution is 6.08. The number of nitrogens with one attached hydrogen (secondary N) is 1. The van der Waals surface area contributed by atoms with E-state index in [0.29, 0.717) is 25.5 Å². The highest BCUT2D eigenvalue weighted by Crippen LogP contribution is 2.35. The quantitative estimate of drug-likeness (QED) is 0.760. The van der Waals surface area contributed by atoms with E-state index in [1.54, 1.807) is 16.7 Å². The molecular formula is C23H31N5O5. The summed E-state index contributed by atoms with van der Waals surface area (Å²) in [5.41, 5.74) is 1.43. The standard InChI is InChI=1S/C23H31N5O5/c1-23(2,3)33-22(31)27-10-8-15(18(13-27)32-5)14-6-7-16-17(12-14)26(4)25-20(16)28-11-9-19(29)24-21(28)30/h6-7,12,15,18H,8-11,13H2,1-5H3,(H,24,29,30)/t15?,18-/m0/s1. The van der Waals surface area contributed by atoms with Gasteiger partial charge in [-0.3, -0.25) is 19.7 Å². The highest BCUT2D eigenvalue weighted by atomic mass is 16.6. The number of aryl methyl sites for hydroxylation is 1. The second-order valence-corrected chi connectivity index (χ2v) is 9.57. The van der Waals surface area contributed by atoms with E-state index in [2.05, 4.69) is 16.5 Å². The van der Waals surface area contributed by atoms with Gasteiger partial charge >= 0.3 is 12.1 Å². The molecule has 2 aliphatic heterocycles. The van der Waals surface area contributed by atoms with Crippen molar-refractivity contribution in [3.63, 3.8) is 0 Å². The van der Waals surface area contributed by atoms with Gasteiger partial charge in [-0.05, 0) is 44.9 Å². The van der Waals surface area contributed by atoms with E-state index in [1.165, 1.54) is 4.90 Å². The summed E-state index contributed by atoms with van der Waals surface area (Å²) in [7, 11) is 3.49. The molecule has 10 heteroatoms. The molecule has 0 radical (unpaired) electrons. The summed E-state index contributed by atoms with van der Waals surface area (Å²) in [6, 6.07) is 5.60. The topological polar surface area (TPSA) is 106 Å². The fourth-order valence-electron chi connectivity index (χ4n) is 4.48. The lowest BCUT2D eigenvalue weighted by molar-refractivity contribution is -0.120. The number of benzene rings is 1. The van der Waals surface area contributed by atoms with Crippen molar-refractivity contribution < 1.29 is 23.9 Å². The van der Waals surface area contributed by atoms with E-state index in [0.717, 1.165) is 22.9 Å². The molecule has 0 spiro atoms. The maximum atomic E-state index is 12.5. The second-order valence-electron chi connectivity index (χ2n) is 9.57. The minimum Gasteiger partial charge on any atom is -0.444 e. The van der Waals surface area contributed by atoms with Crippen LogP contribution in [0.3, 0.4) is 0 Å². The number of hydrogen-bond donors (Lipinski definition) is 1. The number of carbonyl (C=O) groups is 3. The molecule has 10 nitrogen and oxygen atoms in total. The van der Waals surface area contributed by atoms with Crippen LogP contribution in [0.2, 0.25) is 0 Å². The Morgan fingerprint density at radius 1 is 1.21 bits per heavy atom. The number of nitrogens with zero attached hydrogens (tertiary/aromatic N) is 4. The molecule has 4 amide bonds. The minimum absolute atomic E-state index is 0.104. The summed E-state index contributed by atoms with van der Waals surface area (Å²) >= 11 is 0. The van der Waals surface area contributed by atoms with Gasteiger partial charge in [0.05, 0.1) is 18.2 Å². The predicted octanol–water partition coefficient (Wildman–Crippen LogP) is 2.76. The minimum atomic E-state index is -0.544. The Bertz CT molecular complexity index is 1090. The van der Waals surface area contributed by atoms with E-state index in [1.807, 2.05) is 40.0 Å². The molecule has 178 valence electrons. The molecule has 1 unspecified atom stereocenters. The van der Waals surface area contributed by atoms with Gasteiger partial charge in [0.15, 0.2) is 5.82 Å². The van der Waals surface area contributed by atoms with Crippen molar-refractivity contribution in [3.05, 3.63) is 23.8 Å². The Hall–Kier alpha value is -3.14. The normalized spacial score (nSPS) is 22.0. The molecule has 2 atom stereocenters. The molecule has 2 aromatic rings. The fraction of sp³-hybridized carbons (Fsp3) is 0.565. The molecule has 0 bridgehead atoms. The fourth-order valence-corrected chi connectivity index (χ4v) is 4.48. The first kappa shape index (κ1) is 23.0. The van der Waals surface area contributed by atoms with Gasteiger partial charge < -0.3 is 14.4 Å². The number of anilines is 1. The smallest absolute Gasteiger partial charge is 0.410 e. The maximum Gasteiger partial charge on any atom is 0.410 e. The van der Waals surface area contributed by atoms with Gasteiger partial charge in [0.25, 0.3) is 0 Å². The zero-order chi connectivity index (χ0) is 23.9. The number of rotatable bonds is 3. The largest absolute Gasteiger partial charge is 0.444 e. The number of hydrogen-bond acceptors (Lipinski definition) is 6. The molecule has 1 aromatic carbocycles. The van der Waals surface area contributed by atoms with Crippen LogP contribution in [0.25, 0.3) is 10.9 Å². The molecule has 2 aliphatic rings. The average molecular weight is 458 g/mol. The van der Waals surface area contributed by atoms with Crippen LogP contribution in [0, 0.1) is 0 Å². The SMILES string of the molecule is CO[C@H]1CN(C(=O)OC(C)(C)C)CCC1c1ccc2c(N3CCC(=O)NC3=O)nn(C)c2c1. The van der Waals surface area contributed by atoms with E-state index >= 15 is 0 Å². The predicted molar refractivity (Wildman–Crippen MR) is 122 cm³/mol. The third kappa shape index (κ3) is 4.66. The van der Waals surface area contributed by atoms with Crippen molar-refractivity contribution in [2.45, 2.75) is 51.2 Å². The van der Waals surface area contributed by atoms with Crippen molar-refractivity contribution in [3.8, 4) is 0 Å². The van der Waals surface area contributed by atoms with Crippen molar-refractivity contribution >= 4 is 34.8 Å². The van der Waals surface area contributed by atoms with Gasteiger partial charge in [-0.1, -0.05) is 6.07 Å². The third-order valence-electron chi connectivity index (χ3n) is 6.11. The number of likely N-dealkylation sites (tertiary alicyclic amines) is 1. The number of methoxy groups -OCH3 is 1. The number of imide groups is 1. The summed E-state index contributed by atoms with van der Waals surface area (Å²) in [6.45, 7) is 6.90.